The third-order valence-electron chi connectivity index (χ3n) is 17.0. The van der Waals surface area contributed by atoms with E-state index in [1.54, 1.807) is 0 Å². The molecule has 2 unspecified atom stereocenters. The summed E-state index contributed by atoms with van der Waals surface area (Å²) in [6.07, 6.45) is 86.7. The van der Waals surface area contributed by atoms with Gasteiger partial charge in [-0.3, -0.25) is 9.59 Å². The van der Waals surface area contributed by atoms with E-state index >= 15 is 0 Å². The molecule has 0 bridgehead atoms. The van der Waals surface area contributed by atoms with E-state index in [2.05, 4.69) is 43.5 Å². The lowest BCUT2D eigenvalue weighted by molar-refractivity contribution is -0.143. The Labute approximate surface area is 494 Å². The summed E-state index contributed by atoms with van der Waals surface area (Å²) in [5.74, 6) is -0.0201. The summed E-state index contributed by atoms with van der Waals surface area (Å²) in [7, 11) is 0. The molecule has 0 aromatic rings. The third-order valence-corrected chi connectivity index (χ3v) is 17.0. The van der Waals surface area contributed by atoms with Crippen molar-refractivity contribution in [3.05, 3.63) is 24.3 Å². The molecule has 0 spiro atoms. The van der Waals surface area contributed by atoms with Crippen molar-refractivity contribution < 1.29 is 24.5 Å². The monoisotopic (exact) mass is 1110 g/mol. The zero-order chi connectivity index (χ0) is 57.1. The number of hydrogen-bond donors (Lipinski definition) is 3. The van der Waals surface area contributed by atoms with Gasteiger partial charge in [-0.2, -0.15) is 0 Å². The van der Waals surface area contributed by atoms with Gasteiger partial charge in [0.25, 0.3) is 0 Å². The van der Waals surface area contributed by atoms with Crippen LogP contribution in [0.1, 0.15) is 406 Å². The van der Waals surface area contributed by atoms with Crippen molar-refractivity contribution in [2.75, 3.05) is 13.2 Å². The summed E-state index contributed by atoms with van der Waals surface area (Å²) >= 11 is 0. The van der Waals surface area contributed by atoms with E-state index < -0.39 is 12.1 Å². The Bertz CT molecular complexity index is 1230. The summed E-state index contributed by atoms with van der Waals surface area (Å²) in [6.45, 7) is 4.96. The fourth-order valence-corrected chi connectivity index (χ4v) is 11.5. The molecular weight excluding hydrogens is 971 g/mol. The van der Waals surface area contributed by atoms with Crippen LogP contribution < -0.4 is 5.32 Å². The highest BCUT2D eigenvalue weighted by atomic mass is 16.5. The van der Waals surface area contributed by atoms with Crippen molar-refractivity contribution in [3.8, 4) is 0 Å². The molecule has 3 N–H and O–H groups in total. The lowest BCUT2D eigenvalue weighted by atomic mass is 10.0. The van der Waals surface area contributed by atoms with Crippen molar-refractivity contribution in [1.82, 2.24) is 5.32 Å². The summed E-state index contributed by atoms with van der Waals surface area (Å²) in [5, 5.41) is 23.4. The second-order valence-electron chi connectivity index (χ2n) is 24.9. The number of aliphatic hydroxyl groups excluding tert-OH is 2. The quantitative estimate of drug-likeness (QED) is 0.0320. The van der Waals surface area contributed by atoms with Gasteiger partial charge in [-0.1, -0.05) is 359 Å². The van der Waals surface area contributed by atoms with Crippen LogP contribution in [-0.2, 0) is 14.3 Å². The van der Waals surface area contributed by atoms with Crippen molar-refractivity contribution in [2.24, 2.45) is 0 Å². The molecule has 0 fully saturated rings. The van der Waals surface area contributed by atoms with Crippen LogP contribution in [0.2, 0.25) is 0 Å². The highest BCUT2D eigenvalue weighted by Crippen LogP contribution is 2.19. The van der Waals surface area contributed by atoms with Crippen LogP contribution in [0.15, 0.2) is 24.3 Å². The Balaban J connectivity index is 3.32. The number of carbonyl (C=O) groups is 2. The van der Waals surface area contributed by atoms with Crippen LogP contribution in [0.4, 0.5) is 0 Å². The SMILES string of the molecule is CCCCC/C=C\C/C=C\CCCCCCCC(=O)OCCCCCCCCCCCCCCCCCCCCCCCCCCCCCCCCCC(=O)NC(CO)C(O)CCCCCCCCCCCCCCCCCC. The van der Waals surface area contributed by atoms with E-state index in [-0.39, 0.29) is 18.5 Å². The van der Waals surface area contributed by atoms with E-state index in [9.17, 15) is 19.8 Å². The molecule has 6 nitrogen and oxygen atoms in total. The van der Waals surface area contributed by atoms with Gasteiger partial charge in [0.05, 0.1) is 25.4 Å². The maximum absolute atomic E-state index is 12.5. The summed E-state index contributed by atoms with van der Waals surface area (Å²) < 4.78 is 5.49. The lowest BCUT2D eigenvalue weighted by Gasteiger charge is -2.22. The molecule has 1 amide bonds. The highest BCUT2D eigenvalue weighted by molar-refractivity contribution is 5.76. The second kappa shape index (κ2) is 68.8. The van der Waals surface area contributed by atoms with Gasteiger partial charge in [-0.25, -0.2) is 0 Å². The lowest BCUT2D eigenvalue weighted by Crippen LogP contribution is -2.45. The first kappa shape index (κ1) is 77.3. The average molecular weight is 1110 g/mol. The smallest absolute Gasteiger partial charge is 0.305 e. The maximum Gasteiger partial charge on any atom is 0.305 e. The van der Waals surface area contributed by atoms with Gasteiger partial charge in [-0.15, -0.1) is 0 Å². The van der Waals surface area contributed by atoms with Gasteiger partial charge in [-0.05, 0) is 57.8 Å². The predicted octanol–water partition coefficient (Wildman–Crippen LogP) is 23.3. The number of esters is 1. The van der Waals surface area contributed by atoms with Crippen LogP contribution in [-0.4, -0.2) is 47.4 Å². The van der Waals surface area contributed by atoms with Gasteiger partial charge in [0.15, 0.2) is 0 Å². The molecule has 0 rings (SSSR count). The van der Waals surface area contributed by atoms with Crippen LogP contribution in [0.3, 0.4) is 0 Å². The zero-order valence-electron chi connectivity index (χ0n) is 53.6. The minimum Gasteiger partial charge on any atom is -0.466 e. The van der Waals surface area contributed by atoms with Gasteiger partial charge >= 0.3 is 5.97 Å². The van der Waals surface area contributed by atoms with Crippen LogP contribution in [0.5, 0.6) is 0 Å². The number of nitrogens with one attached hydrogen (secondary N) is 1. The van der Waals surface area contributed by atoms with Crippen molar-refractivity contribution in [2.45, 2.75) is 418 Å². The zero-order valence-corrected chi connectivity index (χ0v) is 53.6. The molecule has 6 heteroatoms. The van der Waals surface area contributed by atoms with Gasteiger partial charge in [0.2, 0.25) is 5.91 Å². The predicted molar refractivity (Wildman–Crippen MR) is 347 cm³/mol. The fraction of sp³-hybridized carbons (Fsp3) is 0.918. The standard InChI is InChI=1S/C73H141NO5/c1-3-5-7-9-11-13-15-17-19-38-41-45-49-53-57-61-65-71(76)70(69-75)74-72(77)66-62-58-54-50-46-42-39-35-33-31-29-27-25-23-21-20-22-24-26-28-30-32-34-36-40-44-48-52-56-60-64-68-79-73(78)67-63-59-55-51-47-43-37-18-16-14-12-10-8-6-4-2/h12,14,18,37,70-71,75-76H,3-11,13,15-17,19-36,38-69H2,1-2H3,(H,74,77)/b14-12-,37-18-. The normalized spacial score (nSPS) is 12.6. The number of ether oxygens (including phenoxy) is 1. The number of amides is 1. The minimum atomic E-state index is -0.661. The number of rotatable bonds is 68. The topological polar surface area (TPSA) is 95.9 Å². The first-order chi connectivity index (χ1) is 39.0. The Morgan fingerprint density at radius 1 is 0.354 bits per heavy atom. The first-order valence-electron chi connectivity index (χ1n) is 36.1. The second-order valence-corrected chi connectivity index (χ2v) is 24.9. The third kappa shape index (κ3) is 65.4. The van der Waals surface area contributed by atoms with E-state index in [1.807, 2.05) is 0 Å². The van der Waals surface area contributed by atoms with Crippen molar-refractivity contribution in [3.63, 3.8) is 0 Å². The summed E-state index contributed by atoms with van der Waals surface area (Å²) in [5.41, 5.74) is 0. The van der Waals surface area contributed by atoms with E-state index in [0.717, 1.165) is 51.4 Å². The number of unbranched alkanes of at least 4 members (excludes halogenated alkanes) is 53. The molecular formula is C73H141NO5. The molecule has 0 aromatic carbocycles. The molecule has 468 valence electrons. The van der Waals surface area contributed by atoms with Crippen molar-refractivity contribution >= 4 is 11.9 Å². The summed E-state index contributed by atoms with van der Waals surface area (Å²) in [6, 6.07) is -0.538. The Hall–Kier alpha value is -1.66. The van der Waals surface area contributed by atoms with Crippen LogP contribution >= 0.6 is 0 Å². The first-order valence-corrected chi connectivity index (χ1v) is 36.1. The number of carbonyl (C=O) groups excluding carboxylic acids is 2. The van der Waals surface area contributed by atoms with Gasteiger partial charge < -0.3 is 20.3 Å². The average Bonchev–Trinajstić information content (AvgIpc) is 3.45. The maximum atomic E-state index is 12.5. The molecule has 0 radical (unpaired) electrons. The fourth-order valence-electron chi connectivity index (χ4n) is 11.5. The Morgan fingerprint density at radius 3 is 0.987 bits per heavy atom. The molecule has 0 aromatic heterocycles. The molecule has 0 saturated carbocycles. The molecule has 0 heterocycles. The minimum absolute atomic E-state index is 0.00727. The molecule has 2 atom stereocenters. The number of allylic oxidation sites excluding steroid dienone is 4. The van der Waals surface area contributed by atoms with Crippen LogP contribution in [0, 0.1) is 0 Å². The highest BCUT2D eigenvalue weighted by Gasteiger charge is 2.20. The molecule has 79 heavy (non-hydrogen) atoms. The molecule has 0 aliphatic rings. The van der Waals surface area contributed by atoms with E-state index in [4.69, 9.17) is 4.74 Å². The van der Waals surface area contributed by atoms with Gasteiger partial charge in [0, 0.05) is 12.8 Å². The molecule has 0 saturated heterocycles. The number of aliphatic hydroxyl groups is 2. The number of hydrogen-bond acceptors (Lipinski definition) is 5. The summed E-state index contributed by atoms with van der Waals surface area (Å²) in [4.78, 5) is 24.6. The Morgan fingerprint density at radius 2 is 0.633 bits per heavy atom. The van der Waals surface area contributed by atoms with E-state index in [0.29, 0.717) is 25.9 Å². The van der Waals surface area contributed by atoms with Gasteiger partial charge in [0.1, 0.15) is 0 Å². The van der Waals surface area contributed by atoms with E-state index in [1.165, 1.54) is 321 Å². The molecule has 0 aliphatic carbocycles. The van der Waals surface area contributed by atoms with Crippen LogP contribution in [0.25, 0.3) is 0 Å². The van der Waals surface area contributed by atoms with Crippen molar-refractivity contribution in [1.29, 1.82) is 0 Å². The largest absolute Gasteiger partial charge is 0.466 e. The Kier molecular flexibility index (Phi) is 67.4. The molecule has 0 aliphatic heterocycles.